The molecule has 0 aromatic heterocycles. The van der Waals surface area contributed by atoms with Crippen molar-refractivity contribution in [3.63, 3.8) is 0 Å². The van der Waals surface area contributed by atoms with Gasteiger partial charge in [-0.05, 0) is 29.0 Å². The van der Waals surface area contributed by atoms with Gasteiger partial charge in [-0.25, -0.2) is 0 Å². The molecule has 1 heterocycles. The fourth-order valence-electron chi connectivity index (χ4n) is 2.47. The summed E-state index contributed by atoms with van der Waals surface area (Å²) in [5, 5.41) is 9.69. The van der Waals surface area contributed by atoms with Crippen LogP contribution in [0.25, 0.3) is 0 Å². The van der Waals surface area contributed by atoms with Gasteiger partial charge in [0, 0.05) is 4.90 Å². The lowest BCUT2D eigenvalue weighted by molar-refractivity contribution is 0.281. The van der Waals surface area contributed by atoms with E-state index in [-0.39, 0.29) is 12.0 Å². The number of hydrogen-bond acceptors (Lipinski definition) is 2. The summed E-state index contributed by atoms with van der Waals surface area (Å²) in [6.07, 6.45) is 1.10. The van der Waals surface area contributed by atoms with Crippen molar-refractivity contribution in [2.24, 2.45) is 0 Å². The van der Waals surface area contributed by atoms with E-state index in [1.807, 2.05) is 17.8 Å². The first-order valence-corrected chi connectivity index (χ1v) is 11.5. The third-order valence-electron chi connectivity index (χ3n) is 3.53. The molecule has 1 aliphatic rings. The molecule has 1 aromatic rings. The Morgan fingerprint density at radius 2 is 2.05 bits per heavy atom. The van der Waals surface area contributed by atoms with Gasteiger partial charge < -0.3 is 5.11 Å². The summed E-state index contributed by atoms with van der Waals surface area (Å²) >= 11 is 1.87. The highest BCUT2D eigenvalue weighted by Crippen LogP contribution is 2.45. The Balaban J connectivity index is 2.34. The van der Waals surface area contributed by atoms with Crippen molar-refractivity contribution in [3.05, 3.63) is 29.3 Å². The maximum atomic E-state index is 9.31. The smallest absolute Gasteiger partial charge is 0.129 e. The molecular weight excluding hydrogens is 280 g/mol. The van der Waals surface area contributed by atoms with Crippen molar-refractivity contribution in [3.8, 4) is 11.5 Å². The van der Waals surface area contributed by atoms with Gasteiger partial charge in [-0.1, -0.05) is 51.5 Å². The quantitative estimate of drug-likeness (QED) is 0.620. The van der Waals surface area contributed by atoms with E-state index in [1.54, 1.807) is 0 Å². The van der Waals surface area contributed by atoms with Gasteiger partial charge in [-0.3, -0.25) is 0 Å². The molecule has 0 fully saturated rings. The molecule has 0 saturated heterocycles. The zero-order valence-electron chi connectivity index (χ0n) is 13.1. The third-order valence-corrected chi connectivity index (χ3v) is 5.59. The average Bonchev–Trinajstić information content (AvgIpc) is 2.34. The molecule has 0 saturated carbocycles. The van der Waals surface area contributed by atoms with Crippen molar-refractivity contribution >= 4 is 19.8 Å². The van der Waals surface area contributed by atoms with Gasteiger partial charge in [0.1, 0.15) is 8.07 Å². The molecule has 1 nitrogen and oxygen atoms in total. The monoisotopic (exact) mass is 304 g/mol. The minimum Gasteiger partial charge on any atom is -0.392 e. The van der Waals surface area contributed by atoms with Crippen LogP contribution in [0.15, 0.2) is 23.1 Å². The predicted molar refractivity (Wildman–Crippen MR) is 90.8 cm³/mol. The summed E-state index contributed by atoms with van der Waals surface area (Å²) in [4.78, 5) is 1.29. The molecule has 108 valence electrons. The second kappa shape index (κ2) is 5.59. The fourth-order valence-corrected chi connectivity index (χ4v) is 4.79. The van der Waals surface area contributed by atoms with Crippen molar-refractivity contribution in [1.82, 2.24) is 0 Å². The molecule has 1 unspecified atom stereocenters. The van der Waals surface area contributed by atoms with E-state index in [1.165, 1.54) is 10.5 Å². The van der Waals surface area contributed by atoms with Crippen LogP contribution in [-0.4, -0.2) is 18.4 Å². The topological polar surface area (TPSA) is 20.2 Å². The minimum absolute atomic E-state index is 0.111. The molecular formula is C17H24OSSi. The number of fused-ring (bicyclic) bond motifs is 1. The maximum Gasteiger partial charge on any atom is 0.129 e. The lowest BCUT2D eigenvalue weighted by Gasteiger charge is -2.35. The zero-order valence-corrected chi connectivity index (χ0v) is 14.9. The van der Waals surface area contributed by atoms with Crippen LogP contribution in [0.1, 0.15) is 31.4 Å². The van der Waals surface area contributed by atoms with Gasteiger partial charge in [0.15, 0.2) is 0 Å². The van der Waals surface area contributed by atoms with Crippen LogP contribution >= 0.6 is 11.8 Å². The maximum absolute atomic E-state index is 9.31. The van der Waals surface area contributed by atoms with E-state index in [0.717, 1.165) is 12.0 Å². The number of thioether (sulfide) groups is 1. The Morgan fingerprint density at radius 1 is 1.35 bits per heavy atom. The Morgan fingerprint density at radius 3 is 2.65 bits per heavy atom. The largest absolute Gasteiger partial charge is 0.392 e. The van der Waals surface area contributed by atoms with E-state index in [0.29, 0.717) is 5.25 Å². The normalized spacial score (nSPS) is 20.8. The molecule has 0 spiro atoms. The summed E-state index contributed by atoms with van der Waals surface area (Å²) in [7, 11) is -1.31. The molecule has 0 aliphatic carbocycles. The molecule has 1 atom stereocenters. The van der Waals surface area contributed by atoms with Gasteiger partial charge in [0.05, 0.1) is 11.9 Å². The molecule has 1 N–H and O–H groups in total. The Bertz CT molecular complexity index is 561. The molecule has 0 bridgehead atoms. The predicted octanol–water partition coefficient (Wildman–Crippen LogP) is 4.20. The second-order valence-electron chi connectivity index (χ2n) is 7.20. The summed E-state index contributed by atoms with van der Waals surface area (Å²) in [5.41, 5.74) is 6.05. The molecule has 3 heteroatoms. The summed E-state index contributed by atoms with van der Waals surface area (Å²) in [5.74, 6) is 3.51. The highest BCUT2D eigenvalue weighted by Gasteiger charge is 2.33. The Hall–Kier alpha value is -0.693. The fraction of sp³-hybridized carbons (Fsp3) is 0.529. The Kier molecular flexibility index (Phi) is 4.39. The van der Waals surface area contributed by atoms with Gasteiger partial charge in [-0.2, -0.15) is 0 Å². The van der Waals surface area contributed by atoms with Gasteiger partial charge in [0.2, 0.25) is 0 Å². The molecule has 0 radical (unpaired) electrons. The first kappa shape index (κ1) is 15.7. The number of aliphatic hydroxyl groups is 1. The lowest BCUT2D eigenvalue weighted by Crippen LogP contribution is -2.28. The standard InChI is InChI=1S/C17H24OSSi/c1-17(2)11-14(8-9-20(3,4)5)19-16-10-13(12-18)6-7-15(16)17/h6-7,10,14,18H,11-12H2,1-5H3. The summed E-state index contributed by atoms with van der Waals surface area (Å²) < 4.78 is 0. The van der Waals surface area contributed by atoms with Crippen LogP contribution in [-0.2, 0) is 12.0 Å². The summed E-state index contributed by atoms with van der Waals surface area (Å²) in [6, 6.07) is 6.34. The number of hydrogen-bond donors (Lipinski definition) is 1. The highest BCUT2D eigenvalue weighted by molar-refractivity contribution is 8.00. The van der Waals surface area contributed by atoms with Crippen LogP contribution in [0.2, 0.25) is 19.6 Å². The average molecular weight is 305 g/mol. The van der Waals surface area contributed by atoms with Crippen molar-refractivity contribution in [2.45, 2.75) is 62.1 Å². The van der Waals surface area contributed by atoms with Crippen LogP contribution in [0.3, 0.4) is 0 Å². The summed E-state index contributed by atoms with van der Waals surface area (Å²) in [6.45, 7) is 11.6. The van der Waals surface area contributed by atoms with E-state index >= 15 is 0 Å². The van der Waals surface area contributed by atoms with Crippen LogP contribution in [0, 0.1) is 11.5 Å². The van der Waals surface area contributed by atoms with E-state index in [4.69, 9.17) is 0 Å². The van der Waals surface area contributed by atoms with E-state index < -0.39 is 8.07 Å². The van der Waals surface area contributed by atoms with Crippen LogP contribution in [0.5, 0.6) is 0 Å². The van der Waals surface area contributed by atoms with Crippen molar-refractivity contribution in [1.29, 1.82) is 0 Å². The zero-order chi connectivity index (χ0) is 15.0. The van der Waals surface area contributed by atoms with Crippen LogP contribution in [0.4, 0.5) is 0 Å². The lowest BCUT2D eigenvalue weighted by atomic mass is 9.79. The number of rotatable bonds is 1. The minimum atomic E-state index is -1.31. The van der Waals surface area contributed by atoms with Crippen LogP contribution < -0.4 is 0 Å². The van der Waals surface area contributed by atoms with E-state index in [9.17, 15) is 5.11 Å². The molecule has 2 rings (SSSR count). The first-order chi connectivity index (χ1) is 9.21. The number of aliphatic hydroxyl groups excluding tert-OH is 1. The van der Waals surface area contributed by atoms with Crippen molar-refractivity contribution < 1.29 is 5.11 Å². The van der Waals surface area contributed by atoms with Gasteiger partial charge >= 0.3 is 0 Å². The van der Waals surface area contributed by atoms with Crippen molar-refractivity contribution in [2.75, 3.05) is 0 Å². The molecule has 1 aliphatic heterocycles. The Labute approximate surface area is 128 Å². The highest BCUT2D eigenvalue weighted by atomic mass is 32.2. The molecule has 20 heavy (non-hydrogen) atoms. The molecule has 1 aromatic carbocycles. The first-order valence-electron chi connectivity index (χ1n) is 7.15. The van der Waals surface area contributed by atoms with E-state index in [2.05, 4.69) is 57.1 Å². The molecule has 0 amide bonds. The number of benzene rings is 1. The SMILES string of the molecule is CC1(C)CC(C#C[Si](C)(C)C)Sc2cc(CO)ccc21. The van der Waals surface area contributed by atoms with Gasteiger partial charge in [0.25, 0.3) is 0 Å². The third kappa shape index (κ3) is 3.69. The second-order valence-corrected chi connectivity index (χ2v) is 13.2. The van der Waals surface area contributed by atoms with Gasteiger partial charge in [-0.15, -0.1) is 17.3 Å².